The SMILES string of the molecule is N[C@@H](CCN(Cc1cc(Br)ccc1OCC#Cc1ccccc1)Cc1cc(Br)ccc1OCC#Cc1ccccc1)C(=O)O. The molecule has 0 aliphatic carbocycles. The second-order valence-corrected chi connectivity index (χ2v) is 11.7. The van der Waals surface area contributed by atoms with Gasteiger partial charge in [0.1, 0.15) is 30.8 Å². The Labute approximate surface area is 275 Å². The van der Waals surface area contributed by atoms with Crippen LogP contribution in [0.3, 0.4) is 0 Å². The number of aliphatic carboxylic acids is 1. The number of halogens is 2. The van der Waals surface area contributed by atoms with Gasteiger partial charge in [0.05, 0.1) is 0 Å². The van der Waals surface area contributed by atoms with Gasteiger partial charge in [-0.3, -0.25) is 9.69 Å². The number of carbonyl (C=O) groups is 1. The first kappa shape index (κ1) is 32.9. The van der Waals surface area contributed by atoms with Gasteiger partial charge in [-0.15, -0.1) is 0 Å². The van der Waals surface area contributed by atoms with Crippen molar-refractivity contribution in [3.05, 3.63) is 128 Å². The van der Waals surface area contributed by atoms with Crippen LogP contribution >= 0.6 is 31.9 Å². The Morgan fingerprint density at radius 3 is 1.64 bits per heavy atom. The number of hydrogen-bond acceptors (Lipinski definition) is 5. The number of rotatable bonds is 12. The zero-order valence-corrected chi connectivity index (χ0v) is 27.2. The minimum atomic E-state index is -1.03. The molecular weight excluding hydrogens is 684 g/mol. The van der Waals surface area contributed by atoms with Crippen molar-refractivity contribution >= 4 is 37.8 Å². The van der Waals surface area contributed by atoms with E-state index in [1.54, 1.807) is 0 Å². The Bertz CT molecular complexity index is 1550. The third kappa shape index (κ3) is 10.9. The molecule has 0 aliphatic rings. The summed E-state index contributed by atoms with van der Waals surface area (Å²) in [5, 5.41) is 9.42. The van der Waals surface area contributed by atoms with Crippen LogP contribution in [-0.4, -0.2) is 41.8 Å². The number of carboxylic acids is 1. The van der Waals surface area contributed by atoms with Gasteiger partial charge in [-0.1, -0.05) is 91.9 Å². The summed E-state index contributed by atoms with van der Waals surface area (Å²) in [6.07, 6.45) is 0.273. The molecule has 8 heteroatoms. The second-order valence-electron chi connectivity index (χ2n) is 9.86. The summed E-state index contributed by atoms with van der Waals surface area (Å²) in [6.45, 7) is 1.84. The molecule has 0 bridgehead atoms. The quantitative estimate of drug-likeness (QED) is 0.156. The Morgan fingerprint density at radius 1 is 0.750 bits per heavy atom. The summed E-state index contributed by atoms with van der Waals surface area (Å²) < 4.78 is 14.0. The fraction of sp³-hybridized carbons (Fsp3) is 0.194. The normalized spacial score (nSPS) is 11.1. The first-order chi connectivity index (χ1) is 21.4. The highest BCUT2D eigenvalue weighted by molar-refractivity contribution is 9.10. The maximum absolute atomic E-state index is 11.5. The van der Waals surface area contributed by atoms with Crippen molar-refractivity contribution in [2.24, 2.45) is 5.73 Å². The molecule has 4 aromatic carbocycles. The van der Waals surface area contributed by atoms with Gasteiger partial charge < -0.3 is 20.3 Å². The lowest BCUT2D eigenvalue weighted by molar-refractivity contribution is -0.138. The molecule has 0 unspecified atom stereocenters. The zero-order valence-electron chi connectivity index (χ0n) is 24.0. The van der Waals surface area contributed by atoms with Gasteiger partial charge in [0.2, 0.25) is 0 Å². The molecule has 6 nitrogen and oxygen atoms in total. The Kier molecular flexibility index (Phi) is 12.9. The van der Waals surface area contributed by atoms with E-state index in [4.69, 9.17) is 15.2 Å². The summed E-state index contributed by atoms with van der Waals surface area (Å²) in [7, 11) is 0. The molecule has 0 fully saturated rings. The predicted octanol–water partition coefficient (Wildman–Crippen LogP) is 6.88. The fourth-order valence-corrected chi connectivity index (χ4v) is 5.13. The van der Waals surface area contributed by atoms with Crippen molar-refractivity contribution in [1.82, 2.24) is 4.90 Å². The topological polar surface area (TPSA) is 85.0 Å². The summed E-state index contributed by atoms with van der Waals surface area (Å²) >= 11 is 7.16. The van der Waals surface area contributed by atoms with Gasteiger partial charge in [-0.05, 0) is 67.1 Å². The molecule has 4 rings (SSSR count). The molecule has 0 amide bonds. The largest absolute Gasteiger partial charge is 0.481 e. The Morgan fingerprint density at radius 2 is 1.20 bits per heavy atom. The van der Waals surface area contributed by atoms with Gasteiger partial charge in [0.25, 0.3) is 0 Å². The van der Waals surface area contributed by atoms with Crippen LogP contribution in [0.25, 0.3) is 0 Å². The standard InChI is InChI=1S/C36H32Br2N2O4/c37-31-15-17-34(43-21-7-13-27-9-3-1-4-10-27)29(23-31)25-40(20-19-33(39)36(41)42)26-30-24-32(38)16-18-35(30)44-22-8-14-28-11-5-2-6-12-28/h1-6,9-12,15-18,23-24,33H,19-22,25-26,39H2,(H,41,42)/t33-/m0/s1. The van der Waals surface area contributed by atoms with Gasteiger partial charge in [0, 0.05) is 50.8 Å². The predicted molar refractivity (Wildman–Crippen MR) is 180 cm³/mol. The van der Waals surface area contributed by atoms with Crippen LogP contribution in [0.2, 0.25) is 0 Å². The average Bonchev–Trinajstić information content (AvgIpc) is 3.02. The van der Waals surface area contributed by atoms with Crippen LogP contribution in [-0.2, 0) is 17.9 Å². The maximum Gasteiger partial charge on any atom is 0.320 e. The van der Waals surface area contributed by atoms with E-state index in [0.717, 1.165) is 31.2 Å². The second kappa shape index (κ2) is 17.3. The molecular formula is C36H32Br2N2O4. The van der Waals surface area contributed by atoms with Crippen molar-refractivity contribution in [3.8, 4) is 35.2 Å². The van der Waals surface area contributed by atoms with Crippen molar-refractivity contribution < 1.29 is 19.4 Å². The summed E-state index contributed by atoms with van der Waals surface area (Å²) in [4.78, 5) is 13.6. The Balaban J connectivity index is 1.52. The van der Waals surface area contributed by atoms with Crippen LogP contribution in [0.5, 0.6) is 11.5 Å². The molecule has 0 heterocycles. The number of nitrogens with zero attached hydrogens (tertiary/aromatic N) is 1. The summed E-state index contributed by atoms with van der Waals surface area (Å²) in [5.74, 6) is 12.7. The molecule has 0 saturated heterocycles. The van der Waals surface area contributed by atoms with E-state index in [-0.39, 0.29) is 19.6 Å². The average molecular weight is 716 g/mol. The number of carboxylic acid groups (broad SMARTS) is 1. The summed E-state index contributed by atoms with van der Waals surface area (Å²) in [5.41, 5.74) is 9.59. The number of benzene rings is 4. The highest BCUT2D eigenvalue weighted by Gasteiger charge is 2.18. The van der Waals surface area contributed by atoms with E-state index in [9.17, 15) is 9.90 Å². The molecule has 0 aromatic heterocycles. The van der Waals surface area contributed by atoms with E-state index in [0.29, 0.717) is 31.1 Å². The van der Waals surface area contributed by atoms with Crippen LogP contribution in [0.1, 0.15) is 28.7 Å². The van der Waals surface area contributed by atoms with Gasteiger partial charge in [0.15, 0.2) is 0 Å². The highest BCUT2D eigenvalue weighted by atomic mass is 79.9. The smallest absolute Gasteiger partial charge is 0.320 e. The number of ether oxygens (including phenoxy) is 2. The van der Waals surface area contributed by atoms with E-state index >= 15 is 0 Å². The lowest BCUT2D eigenvalue weighted by atomic mass is 10.1. The molecule has 224 valence electrons. The van der Waals surface area contributed by atoms with E-state index in [2.05, 4.69) is 60.4 Å². The minimum Gasteiger partial charge on any atom is -0.481 e. The third-order valence-electron chi connectivity index (χ3n) is 6.52. The van der Waals surface area contributed by atoms with E-state index < -0.39 is 12.0 Å². The monoisotopic (exact) mass is 714 g/mol. The van der Waals surface area contributed by atoms with Gasteiger partial charge in [-0.2, -0.15) is 0 Å². The molecule has 0 saturated carbocycles. The van der Waals surface area contributed by atoms with Crippen LogP contribution in [0, 0.1) is 23.7 Å². The van der Waals surface area contributed by atoms with Crippen LogP contribution in [0.15, 0.2) is 106 Å². The van der Waals surface area contributed by atoms with Crippen LogP contribution in [0.4, 0.5) is 0 Å². The lowest BCUT2D eigenvalue weighted by Crippen LogP contribution is -2.35. The molecule has 0 aliphatic heterocycles. The van der Waals surface area contributed by atoms with Gasteiger partial charge in [-0.25, -0.2) is 0 Å². The minimum absolute atomic E-state index is 0.223. The number of nitrogens with two attached hydrogens (primary N) is 1. The third-order valence-corrected chi connectivity index (χ3v) is 7.51. The first-order valence-corrected chi connectivity index (χ1v) is 15.6. The highest BCUT2D eigenvalue weighted by Crippen LogP contribution is 2.28. The molecule has 44 heavy (non-hydrogen) atoms. The molecule has 0 radical (unpaired) electrons. The van der Waals surface area contributed by atoms with Crippen molar-refractivity contribution in [3.63, 3.8) is 0 Å². The molecule has 3 N–H and O–H groups in total. The summed E-state index contributed by atoms with van der Waals surface area (Å²) in [6, 6.07) is 30.2. The van der Waals surface area contributed by atoms with Crippen molar-refractivity contribution in [2.75, 3.05) is 19.8 Å². The number of hydrogen-bond donors (Lipinski definition) is 2. The lowest BCUT2D eigenvalue weighted by Gasteiger charge is -2.25. The maximum atomic E-state index is 11.5. The first-order valence-electron chi connectivity index (χ1n) is 14.0. The molecule has 1 atom stereocenters. The Hall–Kier alpha value is -4.05. The van der Waals surface area contributed by atoms with Crippen molar-refractivity contribution in [2.45, 2.75) is 25.6 Å². The zero-order chi connectivity index (χ0) is 31.1. The van der Waals surface area contributed by atoms with Gasteiger partial charge >= 0.3 is 5.97 Å². The van der Waals surface area contributed by atoms with E-state index in [1.165, 1.54) is 0 Å². The van der Waals surface area contributed by atoms with E-state index in [1.807, 2.05) is 97.1 Å². The van der Waals surface area contributed by atoms with Crippen molar-refractivity contribution in [1.29, 1.82) is 0 Å². The molecule has 4 aromatic rings. The fourth-order valence-electron chi connectivity index (χ4n) is 4.31. The molecule has 0 spiro atoms. The van der Waals surface area contributed by atoms with Crippen LogP contribution < -0.4 is 15.2 Å².